The summed E-state index contributed by atoms with van der Waals surface area (Å²) in [6, 6.07) is 7.26. The zero-order chi connectivity index (χ0) is 13.0. The lowest BCUT2D eigenvalue weighted by atomic mass is 9.90. The van der Waals surface area contributed by atoms with Crippen molar-refractivity contribution in [2.45, 2.75) is 13.3 Å². The van der Waals surface area contributed by atoms with Crippen LogP contribution in [-0.4, -0.2) is 32.1 Å². The van der Waals surface area contributed by atoms with Crippen molar-refractivity contribution >= 4 is 5.78 Å². The molecule has 0 radical (unpaired) electrons. The van der Waals surface area contributed by atoms with Gasteiger partial charge >= 0.3 is 0 Å². The Labute approximate surface area is 107 Å². The Morgan fingerprint density at radius 1 is 1.50 bits per heavy atom. The van der Waals surface area contributed by atoms with Crippen LogP contribution >= 0.6 is 0 Å². The van der Waals surface area contributed by atoms with Crippen molar-refractivity contribution < 1.29 is 14.3 Å². The van der Waals surface area contributed by atoms with Crippen LogP contribution in [0.1, 0.15) is 23.7 Å². The van der Waals surface area contributed by atoms with Gasteiger partial charge in [0.2, 0.25) is 0 Å². The summed E-state index contributed by atoms with van der Waals surface area (Å²) in [4.78, 5) is 11.7. The van der Waals surface area contributed by atoms with Crippen molar-refractivity contribution in [3.8, 4) is 5.75 Å². The van der Waals surface area contributed by atoms with E-state index in [1.54, 1.807) is 12.1 Å². The van der Waals surface area contributed by atoms with Crippen LogP contribution in [-0.2, 0) is 4.74 Å². The van der Waals surface area contributed by atoms with E-state index in [4.69, 9.17) is 15.2 Å². The zero-order valence-electron chi connectivity index (χ0n) is 10.6. The van der Waals surface area contributed by atoms with Gasteiger partial charge in [0.25, 0.3) is 0 Å². The molecule has 0 aromatic heterocycles. The molecule has 0 saturated carbocycles. The van der Waals surface area contributed by atoms with Gasteiger partial charge in [0.15, 0.2) is 5.78 Å². The molecule has 0 spiro atoms. The van der Waals surface area contributed by atoms with Crippen molar-refractivity contribution in [2.75, 3.05) is 26.4 Å². The topological polar surface area (TPSA) is 61.5 Å². The van der Waals surface area contributed by atoms with Crippen LogP contribution in [0.2, 0.25) is 0 Å². The summed E-state index contributed by atoms with van der Waals surface area (Å²) >= 11 is 0. The van der Waals surface area contributed by atoms with Crippen LogP contribution in [0.5, 0.6) is 5.75 Å². The first-order valence-electron chi connectivity index (χ1n) is 6.17. The number of carbonyl (C=O) groups excluding carboxylic acids is 1. The molecule has 1 aromatic carbocycles. The maximum atomic E-state index is 11.7. The minimum atomic E-state index is 0.0566. The molecule has 0 amide bonds. The summed E-state index contributed by atoms with van der Waals surface area (Å²) in [5.41, 5.74) is 6.15. The molecule has 1 saturated heterocycles. The third-order valence-corrected chi connectivity index (χ3v) is 3.02. The second-order valence-corrected chi connectivity index (χ2v) is 5.08. The van der Waals surface area contributed by atoms with E-state index in [0.29, 0.717) is 25.1 Å². The van der Waals surface area contributed by atoms with Crippen molar-refractivity contribution in [3.63, 3.8) is 0 Å². The van der Waals surface area contributed by atoms with Crippen molar-refractivity contribution in [1.29, 1.82) is 0 Å². The maximum absolute atomic E-state index is 11.7. The summed E-state index contributed by atoms with van der Waals surface area (Å²) in [5.74, 6) is 0.784. The Kier molecular flexibility index (Phi) is 3.99. The quantitative estimate of drug-likeness (QED) is 0.778. The van der Waals surface area contributed by atoms with E-state index in [9.17, 15) is 4.79 Å². The van der Waals surface area contributed by atoms with E-state index >= 15 is 0 Å². The molecule has 4 heteroatoms. The fraction of sp³-hybridized carbons (Fsp3) is 0.500. The fourth-order valence-corrected chi connectivity index (χ4v) is 1.83. The van der Waals surface area contributed by atoms with Crippen LogP contribution in [0.3, 0.4) is 0 Å². The van der Waals surface area contributed by atoms with Crippen LogP contribution < -0.4 is 10.5 Å². The molecule has 1 fully saturated rings. The van der Waals surface area contributed by atoms with Gasteiger partial charge < -0.3 is 15.2 Å². The Balaban J connectivity index is 1.96. The van der Waals surface area contributed by atoms with Gasteiger partial charge in [-0.15, -0.1) is 0 Å². The monoisotopic (exact) mass is 249 g/mol. The van der Waals surface area contributed by atoms with Gasteiger partial charge in [-0.05, 0) is 18.7 Å². The molecule has 4 nitrogen and oxygen atoms in total. The molecule has 1 aromatic rings. The Morgan fingerprint density at radius 2 is 2.28 bits per heavy atom. The van der Waals surface area contributed by atoms with Gasteiger partial charge in [-0.1, -0.05) is 19.1 Å². The Bertz CT molecular complexity index is 427. The van der Waals surface area contributed by atoms with Gasteiger partial charge in [-0.25, -0.2) is 0 Å². The van der Waals surface area contributed by atoms with Gasteiger partial charge in [-0.3, -0.25) is 4.79 Å². The summed E-state index contributed by atoms with van der Waals surface area (Å²) in [7, 11) is 0. The Hall–Kier alpha value is -1.39. The van der Waals surface area contributed by atoms with Crippen molar-refractivity contribution in [2.24, 2.45) is 11.1 Å². The molecule has 1 aliphatic heterocycles. The minimum Gasteiger partial charge on any atom is -0.493 e. The lowest BCUT2D eigenvalue weighted by molar-refractivity contribution is -0.120. The molecule has 0 bridgehead atoms. The van der Waals surface area contributed by atoms with Crippen LogP contribution in [0, 0.1) is 5.41 Å². The lowest BCUT2D eigenvalue weighted by Crippen LogP contribution is -2.44. The number of benzene rings is 1. The predicted octanol–water partition coefficient (Wildman–Crippen LogP) is 1.63. The van der Waals surface area contributed by atoms with E-state index < -0.39 is 0 Å². The largest absolute Gasteiger partial charge is 0.493 e. The first kappa shape index (κ1) is 13.1. The van der Waals surface area contributed by atoms with Crippen LogP contribution in [0.4, 0.5) is 0 Å². The number of hydrogen-bond donors (Lipinski definition) is 1. The van der Waals surface area contributed by atoms with E-state index in [-0.39, 0.29) is 11.2 Å². The maximum Gasteiger partial charge on any atom is 0.164 e. The summed E-state index contributed by atoms with van der Waals surface area (Å²) in [6.45, 7) is 4.58. The zero-order valence-corrected chi connectivity index (χ0v) is 10.6. The average molecular weight is 249 g/mol. The number of carbonyl (C=O) groups is 1. The van der Waals surface area contributed by atoms with Crippen molar-refractivity contribution in [3.05, 3.63) is 29.8 Å². The summed E-state index contributed by atoms with van der Waals surface area (Å²) in [5, 5.41) is 0. The highest BCUT2D eigenvalue weighted by molar-refractivity contribution is 5.96. The molecule has 2 N–H and O–H groups in total. The number of rotatable bonds is 6. The van der Waals surface area contributed by atoms with E-state index in [2.05, 4.69) is 6.92 Å². The number of hydrogen-bond acceptors (Lipinski definition) is 4. The van der Waals surface area contributed by atoms with Gasteiger partial charge in [0.05, 0.1) is 19.8 Å². The third-order valence-electron chi connectivity index (χ3n) is 3.02. The molecule has 0 atom stereocenters. The third kappa shape index (κ3) is 3.09. The summed E-state index contributed by atoms with van der Waals surface area (Å²) < 4.78 is 10.9. The van der Waals surface area contributed by atoms with Crippen molar-refractivity contribution in [1.82, 2.24) is 0 Å². The van der Waals surface area contributed by atoms with E-state index in [1.165, 1.54) is 0 Å². The first-order valence-corrected chi connectivity index (χ1v) is 6.17. The lowest BCUT2D eigenvalue weighted by Gasteiger charge is -2.37. The number of Topliss-reactive ketones (excluding diaryl/α,β-unsaturated/α-hetero) is 1. The molecular formula is C14H19NO3. The highest BCUT2D eigenvalue weighted by Gasteiger charge is 2.34. The standard InChI is InChI=1S/C14H19NO3/c1-14(8-17-9-14)10-18-12-4-2-3-11(7-12)13(16)5-6-15/h2-4,7H,5-6,8-10,15H2,1H3. The molecule has 2 rings (SSSR count). The molecule has 18 heavy (non-hydrogen) atoms. The molecule has 1 aliphatic rings. The molecular weight excluding hydrogens is 230 g/mol. The fourth-order valence-electron chi connectivity index (χ4n) is 1.83. The second-order valence-electron chi connectivity index (χ2n) is 5.08. The SMILES string of the molecule is CC1(COc2cccc(C(=O)CCN)c2)COC1. The van der Waals surface area contributed by atoms with Crippen LogP contribution in [0.15, 0.2) is 24.3 Å². The molecule has 98 valence electrons. The smallest absolute Gasteiger partial charge is 0.164 e. The molecule has 0 aliphatic carbocycles. The van der Waals surface area contributed by atoms with Crippen LogP contribution in [0.25, 0.3) is 0 Å². The minimum absolute atomic E-state index is 0.0566. The molecule has 1 heterocycles. The second kappa shape index (κ2) is 5.50. The number of ether oxygens (including phenoxy) is 2. The number of nitrogens with two attached hydrogens (primary N) is 1. The van der Waals surface area contributed by atoms with E-state index in [0.717, 1.165) is 19.0 Å². The predicted molar refractivity (Wildman–Crippen MR) is 68.9 cm³/mol. The average Bonchev–Trinajstić information content (AvgIpc) is 2.35. The van der Waals surface area contributed by atoms with Gasteiger partial charge in [-0.2, -0.15) is 0 Å². The van der Waals surface area contributed by atoms with Gasteiger partial charge in [0, 0.05) is 17.4 Å². The molecule has 0 unspecified atom stereocenters. The normalized spacial score (nSPS) is 17.0. The summed E-state index contributed by atoms with van der Waals surface area (Å²) in [6.07, 6.45) is 0.370. The van der Waals surface area contributed by atoms with E-state index in [1.807, 2.05) is 12.1 Å². The highest BCUT2D eigenvalue weighted by Crippen LogP contribution is 2.27. The number of ketones is 1. The Morgan fingerprint density at radius 3 is 2.89 bits per heavy atom. The van der Waals surface area contributed by atoms with Gasteiger partial charge in [0.1, 0.15) is 5.75 Å². The first-order chi connectivity index (χ1) is 8.63. The highest BCUT2D eigenvalue weighted by atomic mass is 16.5.